The monoisotopic (exact) mass is 419 g/mol. The molecule has 1 fully saturated rings. The van der Waals surface area contributed by atoms with Gasteiger partial charge in [0.25, 0.3) is 0 Å². The number of halogens is 3. The summed E-state index contributed by atoms with van der Waals surface area (Å²) in [6.45, 7) is 3.87. The quantitative estimate of drug-likeness (QED) is 0.716. The van der Waals surface area contributed by atoms with Crippen molar-refractivity contribution in [3.8, 4) is 0 Å². The summed E-state index contributed by atoms with van der Waals surface area (Å²) in [7, 11) is 0. The van der Waals surface area contributed by atoms with Gasteiger partial charge in [-0.3, -0.25) is 9.59 Å². The Morgan fingerprint density at radius 1 is 1.13 bits per heavy atom. The topological polar surface area (TPSA) is 71.3 Å². The zero-order chi connectivity index (χ0) is 21.5. The number of aromatic nitrogens is 3. The van der Waals surface area contributed by atoms with Crippen LogP contribution >= 0.6 is 0 Å². The van der Waals surface area contributed by atoms with Gasteiger partial charge in [0.2, 0.25) is 17.6 Å². The number of amides is 2. The number of rotatable bonds is 3. The molecule has 10 heteroatoms. The van der Waals surface area contributed by atoms with Gasteiger partial charge in [0.05, 0.1) is 6.54 Å². The number of fused-ring (bicyclic) bond motifs is 1. The van der Waals surface area contributed by atoms with Gasteiger partial charge < -0.3 is 14.4 Å². The summed E-state index contributed by atoms with van der Waals surface area (Å²) in [5.74, 6) is -1.62. The lowest BCUT2D eigenvalue weighted by Gasteiger charge is -2.32. The smallest absolute Gasteiger partial charge is 0.332 e. The Morgan fingerprint density at radius 2 is 1.87 bits per heavy atom. The molecule has 7 nitrogen and oxygen atoms in total. The predicted octanol–water partition coefficient (Wildman–Crippen LogP) is 2.21. The van der Waals surface area contributed by atoms with E-state index in [1.165, 1.54) is 15.9 Å². The largest absolute Gasteiger partial charge is 0.451 e. The molecule has 2 aliphatic heterocycles. The van der Waals surface area contributed by atoms with Gasteiger partial charge in [0, 0.05) is 25.6 Å². The van der Waals surface area contributed by atoms with Crippen LogP contribution in [0.2, 0.25) is 0 Å². The maximum atomic E-state index is 13.2. The number of benzene rings is 1. The molecule has 2 aromatic rings. The van der Waals surface area contributed by atoms with Gasteiger partial charge >= 0.3 is 6.18 Å². The summed E-state index contributed by atoms with van der Waals surface area (Å²) in [6.07, 6.45) is -2.98. The van der Waals surface area contributed by atoms with E-state index in [1.54, 1.807) is 0 Å². The average Bonchev–Trinajstić information content (AvgIpc) is 3.37. The standard InChI is InChI=1S/C20H20F3N5O2/c1-2-17(29)28-11-14(13-6-4-3-5-7-13)10-15(28)18(30)26-8-9-27-16(12-26)24-25-19(27)20(21,22)23/h2-7,14-15H,1,8-12H2/t14-,15+/m1/s1. The Labute approximate surface area is 170 Å². The summed E-state index contributed by atoms with van der Waals surface area (Å²) >= 11 is 0. The van der Waals surface area contributed by atoms with Gasteiger partial charge in [0.1, 0.15) is 6.04 Å². The second kappa shape index (κ2) is 7.58. The lowest BCUT2D eigenvalue weighted by atomic mass is 9.96. The first kappa shape index (κ1) is 20.1. The lowest BCUT2D eigenvalue weighted by Crippen LogP contribution is -2.49. The van der Waals surface area contributed by atoms with Gasteiger partial charge in [-0.2, -0.15) is 13.2 Å². The molecule has 0 aliphatic carbocycles. The van der Waals surface area contributed by atoms with E-state index >= 15 is 0 Å². The molecule has 158 valence electrons. The van der Waals surface area contributed by atoms with Gasteiger partial charge in [-0.25, -0.2) is 0 Å². The molecule has 0 bridgehead atoms. The van der Waals surface area contributed by atoms with Crippen molar-refractivity contribution < 1.29 is 22.8 Å². The van der Waals surface area contributed by atoms with Crippen molar-refractivity contribution in [2.45, 2.75) is 37.6 Å². The SMILES string of the molecule is C=CC(=O)N1C[C@H](c2ccccc2)C[C@H]1C(=O)N1CCn2c(nnc2C(F)(F)F)C1. The third-order valence-electron chi connectivity index (χ3n) is 5.63. The minimum atomic E-state index is -4.60. The number of carbonyl (C=O) groups is 2. The van der Waals surface area contributed by atoms with E-state index in [2.05, 4.69) is 16.8 Å². The molecule has 3 heterocycles. The molecule has 1 aromatic carbocycles. The van der Waals surface area contributed by atoms with Crippen LogP contribution in [0.5, 0.6) is 0 Å². The first-order valence-electron chi connectivity index (χ1n) is 9.55. The predicted molar refractivity (Wildman–Crippen MR) is 99.9 cm³/mol. The van der Waals surface area contributed by atoms with Crippen LogP contribution in [0.1, 0.15) is 29.6 Å². The second-order valence-corrected chi connectivity index (χ2v) is 7.40. The third-order valence-corrected chi connectivity index (χ3v) is 5.63. The normalized spacial score (nSPS) is 21.4. The van der Waals surface area contributed by atoms with Crippen LogP contribution < -0.4 is 0 Å². The Balaban J connectivity index is 1.55. The average molecular weight is 419 g/mol. The minimum Gasteiger partial charge on any atom is -0.332 e. The molecule has 1 saturated heterocycles. The van der Waals surface area contributed by atoms with Crippen LogP contribution in [-0.4, -0.2) is 55.5 Å². The van der Waals surface area contributed by atoms with E-state index in [0.29, 0.717) is 13.0 Å². The van der Waals surface area contributed by atoms with Crippen LogP contribution in [0, 0.1) is 0 Å². The highest BCUT2D eigenvalue weighted by Crippen LogP contribution is 2.34. The fourth-order valence-corrected chi connectivity index (χ4v) is 4.16. The Hall–Kier alpha value is -3.17. The van der Waals surface area contributed by atoms with Crippen molar-refractivity contribution in [2.24, 2.45) is 0 Å². The first-order valence-corrected chi connectivity index (χ1v) is 9.55. The van der Waals surface area contributed by atoms with Crippen LogP contribution in [0.25, 0.3) is 0 Å². The molecule has 0 spiro atoms. The number of nitrogens with zero attached hydrogens (tertiary/aromatic N) is 5. The van der Waals surface area contributed by atoms with Crippen molar-refractivity contribution in [2.75, 3.05) is 13.1 Å². The highest BCUT2D eigenvalue weighted by molar-refractivity contribution is 5.93. The molecule has 0 radical (unpaired) electrons. The van der Waals surface area contributed by atoms with Gasteiger partial charge in [-0.05, 0) is 18.1 Å². The zero-order valence-corrected chi connectivity index (χ0v) is 16.0. The van der Waals surface area contributed by atoms with Crippen LogP contribution in [0.15, 0.2) is 43.0 Å². The molecule has 2 atom stereocenters. The Bertz CT molecular complexity index is 973. The van der Waals surface area contributed by atoms with Crippen molar-refractivity contribution in [3.05, 3.63) is 60.2 Å². The number of hydrogen-bond acceptors (Lipinski definition) is 4. The fraction of sp³-hybridized carbons (Fsp3) is 0.400. The van der Waals surface area contributed by atoms with Crippen molar-refractivity contribution >= 4 is 11.8 Å². The number of alkyl halides is 3. The fourth-order valence-electron chi connectivity index (χ4n) is 4.16. The highest BCUT2D eigenvalue weighted by Gasteiger charge is 2.43. The van der Waals surface area contributed by atoms with Crippen molar-refractivity contribution in [3.63, 3.8) is 0 Å². The Kier molecular flexibility index (Phi) is 5.08. The molecule has 30 heavy (non-hydrogen) atoms. The van der Waals surface area contributed by atoms with E-state index in [0.717, 1.165) is 10.1 Å². The summed E-state index contributed by atoms with van der Waals surface area (Å²) in [6, 6.07) is 8.91. The maximum absolute atomic E-state index is 13.2. The van der Waals surface area contributed by atoms with Crippen LogP contribution in [-0.2, 0) is 28.9 Å². The molecule has 1 aromatic heterocycles. The summed E-state index contributed by atoms with van der Waals surface area (Å²) in [5, 5.41) is 6.86. The Morgan fingerprint density at radius 3 is 2.53 bits per heavy atom. The van der Waals surface area contributed by atoms with Gasteiger partial charge in [-0.15, -0.1) is 10.2 Å². The summed E-state index contributed by atoms with van der Waals surface area (Å²) in [5.41, 5.74) is 1.03. The molecule has 0 saturated carbocycles. The van der Waals surface area contributed by atoms with E-state index < -0.39 is 18.0 Å². The second-order valence-electron chi connectivity index (χ2n) is 7.40. The molecule has 4 rings (SSSR count). The van der Waals surface area contributed by atoms with E-state index in [1.807, 2.05) is 30.3 Å². The first-order chi connectivity index (χ1) is 14.3. The van der Waals surface area contributed by atoms with E-state index in [4.69, 9.17) is 0 Å². The molecular weight excluding hydrogens is 399 g/mol. The van der Waals surface area contributed by atoms with E-state index in [9.17, 15) is 22.8 Å². The van der Waals surface area contributed by atoms with E-state index in [-0.39, 0.29) is 43.2 Å². The van der Waals surface area contributed by atoms with Crippen LogP contribution in [0.4, 0.5) is 13.2 Å². The highest BCUT2D eigenvalue weighted by atomic mass is 19.4. The zero-order valence-electron chi connectivity index (χ0n) is 16.0. The molecule has 2 amide bonds. The summed E-state index contributed by atoms with van der Waals surface area (Å²) in [4.78, 5) is 28.6. The lowest BCUT2D eigenvalue weighted by molar-refractivity contribution is -0.149. The number of carbonyl (C=O) groups excluding carboxylic acids is 2. The van der Waals surface area contributed by atoms with Crippen molar-refractivity contribution in [1.29, 1.82) is 0 Å². The number of hydrogen-bond donors (Lipinski definition) is 0. The maximum Gasteiger partial charge on any atom is 0.451 e. The van der Waals surface area contributed by atoms with Gasteiger partial charge in [0.15, 0.2) is 5.82 Å². The van der Waals surface area contributed by atoms with Gasteiger partial charge in [-0.1, -0.05) is 36.9 Å². The third kappa shape index (κ3) is 3.57. The summed E-state index contributed by atoms with van der Waals surface area (Å²) < 4.78 is 40.1. The van der Waals surface area contributed by atoms with Crippen molar-refractivity contribution in [1.82, 2.24) is 24.6 Å². The number of likely N-dealkylation sites (tertiary alicyclic amines) is 1. The molecule has 2 aliphatic rings. The van der Waals surface area contributed by atoms with Crippen LogP contribution in [0.3, 0.4) is 0 Å². The molecular formula is C20H20F3N5O2. The minimum absolute atomic E-state index is 0.00525. The molecule has 0 unspecified atom stereocenters. The molecule has 0 N–H and O–H groups in total.